The van der Waals surface area contributed by atoms with Crippen molar-refractivity contribution in [1.82, 2.24) is 5.32 Å². The molecule has 1 N–H and O–H groups in total. The van der Waals surface area contributed by atoms with Crippen LogP contribution in [0.1, 0.15) is 28.4 Å². The van der Waals surface area contributed by atoms with Crippen molar-refractivity contribution in [2.75, 3.05) is 7.11 Å². The molecule has 32 heavy (non-hydrogen) atoms. The lowest BCUT2D eigenvalue weighted by Gasteiger charge is -2.18. The van der Waals surface area contributed by atoms with Gasteiger partial charge in [0.15, 0.2) is 5.78 Å². The number of allylic oxidation sites excluding steroid dienone is 2. The molecular formula is C27H27NO4. The summed E-state index contributed by atoms with van der Waals surface area (Å²) in [7, 11) is 1.35. The maximum absolute atomic E-state index is 12.4. The third-order valence-corrected chi connectivity index (χ3v) is 4.91. The highest BCUT2D eigenvalue weighted by molar-refractivity contribution is 6.04. The fourth-order valence-electron chi connectivity index (χ4n) is 3.23. The van der Waals surface area contributed by atoms with E-state index in [9.17, 15) is 9.59 Å². The molecule has 3 aromatic carbocycles. The number of rotatable bonds is 10. The Morgan fingerprint density at radius 2 is 1.50 bits per heavy atom. The number of ketones is 1. The van der Waals surface area contributed by atoms with Gasteiger partial charge in [0.25, 0.3) is 0 Å². The van der Waals surface area contributed by atoms with E-state index in [0.717, 1.165) is 16.9 Å². The summed E-state index contributed by atoms with van der Waals surface area (Å²) < 4.78 is 10.8. The van der Waals surface area contributed by atoms with Crippen molar-refractivity contribution in [2.24, 2.45) is 0 Å². The number of esters is 1. The summed E-state index contributed by atoms with van der Waals surface area (Å²) in [5.41, 5.74) is 3.23. The van der Waals surface area contributed by atoms with Gasteiger partial charge in [-0.1, -0.05) is 72.8 Å². The Bertz CT molecular complexity index is 1040. The molecule has 0 aliphatic heterocycles. The average Bonchev–Trinajstić information content (AvgIpc) is 2.83. The molecule has 5 nitrogen and oxygen atoms in total. The van der Waals surface area contributed by atoms with Crippen LogP contribution in [0.3, 0.4) is 0 Å². The Labute approximate surface area is 188 Å². The van der Waals surface area contributed by atoms with Gasteiger partial charge in [-0.25, -0.2) is 4.79 Å². The Kier molecular flexibility index (Phi) is 8.21. The van der Waals surface area contributed by atoms with Crippen LogP contribution in [-0.2, 0) is 22.6 Å². The first-order valence-electron chi connectivity index (χ1n) is 10.4. The third kappa shape index (κ3) is 6.84. The monoisotopic (exact) mass is 429 g/mol. The average molecular weight is 430 g/mol. The molecule has 3 aromatic rings. The van der Waals surface area contributed by atoms with Gasteiger partial charge in [0.2, 0.25) is 0 Å². The van der Waals surface area contributed by atoms with Gasteiger partial charge in [-0.15, -0.1) is 0 Å². The number of carbonyl (C=O) groups excluding carboxylic acids is 2. The van der Waals surface area contributed by atoms with Crippen LogP contribution in [-0.4, -0.2) is 24.9 Å². The molecular weight excluding hydrogens is 402 g/mol. The fraction of sp³-hybridized carbons (Fsp3) is 0.185. The first-order chi connectivity index (χ1) is 15.5. The summed E-state index contributed by atoms with van der Waals surface area (Å²) >= 11 is 0. The van der Waals surface area contributed by atoms with Crippen LogP contribution in [0.2, 0.25) is 0 Å². The van der Waals surface area contributed by atoms with E-state index in [0.29, 0.717) is 24.3 Å². The van der Waals surface area contributed by atoms with Gasteiger partial charge in [-0.05, 0) is 30.2 Å². The molecule has 1 atom stereocenters. The minimum absolute atomic E-state index is 0.126. The zero-order valence-electron chi connectivity index (χ0n) is 18.3. The summed E-state index contributed by atoms with van der Waals surface area (Å²) in [5.74, 6) is 0.234. The van der Waals surface area contributed by atoms with Crippen LogP contribution in [0.5, 0.6) is 5.75 Å². The molecule has 5 heteroatoms. The number of nitrogens with one attached hydrogen (secondary N) is 1. The molecule has 3 rings (SSSR count). The summed E-state index contributed by atoms with van der Waals surface area (Å²) in [4.78, 5) is 24.7. The maximum atomic E-state index is 12.4. The van der Waals surface area contributed by atoms with Gasteiger partial charge in [0, 0.05) is 23.8 Å². The molecule has 0 saturated heterocycles. The molecule has 0 bridgehead atoms. The Balaban J connectivity index is 1.61. The van der Waals surface area contributed by atoms with Crippen LogP contribution in [0.25, 0.3) is 0 Å². The van der Waals surface area contributed by atoms with Crippen LogP contribution in [0.15, 0.2) is 96.7 Å². The molecule has 164 valence electrons. The molecule has 0 aliphatic rings. The number of carbonyl (C=O) groups is 2. The lowest BCUT2D eigenvalue weighted by atomic mass is 10.0. The number of benzene rings is 3. The van der Waals surface area contributed by atoms with Gasteiger partial charge in [0.1, 0.15) is 18.4 Å². The van der Waals surface area contributed by atoms with Gasteiger partial charge < -0.3 is 14.8 Å². The number of ether oxygens (including phenoxy) is 2. The highest BCUT2D eigenvalue weighted by Gasteiger charge is 2.20. The topological polar surface area (TPSA) is 64.6 Å². The van der Waals surface area contributed by atoms with Crippen LogP contribution >= 0.6 is 0 Å². The molecule has 0 spiro atoms. The van der Waals surface area contributed by atoms with Crippen LogP contribution in [0, 0.1) is 0 Å². The van der Waals surface area contributed by atoms with Gasteiger partial charge in [-0.2, -0.15) is 0 Å². The highest BCUT2D eigenvalue weighted by Crippen LogP contribution is 2.16. The van der Waals surface area contributed by atoms with Crippen molar-refractivity contribution in [2.45, 2.75) is 26.0 Å². The van der Waals surface area contributed by atoms with Crippen LogP contribution < -0.4 is 10.1 Å². The predicted molar refractivity (Wildman–Crippen MR) is 124 cm³/mol. The largest absolute Gasteiger partial charge is 0.489 e. The predicted octanol–water partition coefficient (Wildman–Crippen LogP) is 4.73. The van der Waals surface area contributed by atoms with Gasteiger partial charge in [-0.3, -0.25) is 4.79 Å². The standard InChI is InChI=1S/C27H27NO4/c1-20(17-26(29)23-11-7-4-8-12-23)28-25(27(30)31-2)18-21-13-15-24(16-14-21)32-19-22-9-5-3-6-10-22/h3-17,25,28H,18-19H2,1-2H3/b20-17+/t25-/m0/s1. The molecule has 0 heterocycles. The summed E-state index contributed by atoms with van der Waals surface area (Å²) in [5, 5.41) is 3.11. The van der Waals surface area contributed by atoms with E-state index >= 15 is 0 Å². The second kappa shape index (κ2) is 11.5. The van der Waals surface area contributed by atoms with E-state index in [1.54, 1.807) is 19.1 Å². The van der Waals surface area contributed by atoms with E-state index < -0.39 is 12.0 Å². The second-order valence-corrected chi connectivity index (χ2v) is 7.40. The number of hydrogen-bond acceptors (Lipinski definition) is 5. The van der Waals surface area contributed by atoms with Crippen molar-refractivity contribution in [3.8, 4) is 5.75 Å². The third-order valence-electron chi connectivity index (χ3n) is 4.91. The van der Waals surface area contributed by atoms with Crippen molar-refractivity contribution in [3.63, 3.8) is 0 Å². The lowest BCUT2D eigenvalue weighted by Crippen LogP contribution is -2.38. The van der Waals surface area contributed by atoms with Gasteiger partial charge in [0.05, 0.1) is 7.11 Å². The summed E-state index contributed by atoms with van der Waals surface area (Å²) in [6.07, 6.45) is 1.90. The molecule has 0 amide bonds. The first kappa shape index (κ1) is 22.8. The summed E-state index contributed by atoms with van der Waals surface area (Å²) in [6.45, 7) is 2.25. The van der Waals surface area contributed by atoms with Crippen LogP contribution in [0.4, 0.5) is 0 Å². The van der Waals surface area contributed by atoms with E-state index in [4.69, 9.17) is 9.47 Å². The van der Waals surface area contributed by atoms with E-state index in [-0.39, 0.29) is 5.78 Å². The second-order valence-electron chi connectivity index (χ2n) is 7.40. The van der Waals surface area contributed by atoms with Crippen molar-refractivity contribution in [3.05, 3.63) is 113 Å². The van der Waals surface area contributed by atoms with Crippen molar-refractivity contribution < 1.29 is 19.1 Å². The zero-order valence-corrected chi connectivity index (χ0v) is 18.3. The minimum Gasteiger partial charge on any atom is -0.489 e. The van der Waals surface area contributed by atoms with E-state index in [2.05, 4.69) is 5.32 Å². The maximum Gasteiger partial charge on any atom is 0.328 e. The molecule has 0 unspecified atom stereocenters. The molecule has 0 fully saturated rings. The Morgan fingerprint density at radius 1 is 0.875 bits per heavy atom. The number of hydrogen-bond donors (Lipinski definition) is 1. The van der Waals surface area contributed by atoms with E-state index in [1.807, 2.05) is 72.8 Å². The quantitative estimate of drug-likeness (QED) is 0.287. The smallest absolute Gasteiger partial charge is 0.328 e. The first-order valence-corrected chi connectivity index (χ1v) is 10.4. The van der Waals surface area contributed by atoms with Crippen molar-refractivity contribution >= 4 is 11.8 Å². The SMILES string of the molecule is COC(=O)[C@H](Cc1ccc(OCc2ccccc2)cc1)N/C(C)=C/C(=O)c1ccccc1. The molecule has 0 aromatic heterocycles. The summed E-state index contributed by atoms with van der Waals surface area (Å²) in [6, 6.07) is 25.9. The zero-order chi connectivity index (χ0) is 22.8. The minimum atomic E-state index is -0.615. The highest BCUT2D eigenvalue weighted by atomic mass is 16.5. The fourth-order valence-corrected chi connectivity index (χ4v) is 3.23. The lowest BCUT2D eigenvalue weighted by molar-refractivity contribution is -0.142. The normalized spacial score (nSPS) is 12.0. The van der Waals surface area contributed by atoms with Gasteiger partial charge >= 0.3 is 5.97 Å². The molecule has 0 radical (unpaired) electrons. The number of methoxy groups -OCH3 is 1. The molecule has 0 aliphatic carbocycles. The Morgan fingerprint density at radius 3 is 2.12 bits per heavy atom. The van der Waals surface area contributed by atoms with E-state index in [1.165, 1.54) is 13.2 Å². The van der Waals surface area contributed by atoms with Crippen molar-refractivity contribution in [1.29, 1.82) is 0 Å². The molecule has 0 saturated carbocycles. The Hall–Kier alpha value is -3.86.